The SMILES string of the molecule is Cc1ccc(S(=O)(=O)N[C@H](Cc2ccccc2)C(=O)Nc2ccc([C@H]3O[C@@H](CSc4cccc[n+]4[O-])C[C@@H](c4ccc(CO)cc4)O3)cc2)cc1. The van der Waals surface area contributed by atoms with E-state index in [-0.39, 0.29) is 30.1 Å². The molecule has 6 rings (SSSR count). The number of pyridine rings is 1. The molecule has 0 radical (unpaired) electrons. The summed E-state index contributed by atoms with van der Waals surface area (Å²) in [6, 6.07) is 34.5. The smallest absolute Gasteiger partial charge is 0.251 e. The van der Waals surface area contributed by atoms with Crippen LogP contribution in [-0.2, 0) is 37.3 Å². The van der Waals surface area contributed by atoms with Gasteiger partial charge in [0.1, 0.15) is 6.04 Å². The van der Waals surface area contributed by atoms with Crippen LogP contribution < -0.4 is 14.8 Å². The molecular weight excluding hydrogens is 687 g/mol. The minimum absolute atomic E-state index is 0.0579. The summed E-state index contributed by atoms with van der Waals surface area (Å²) >= 11 is 1.41. The predicted octanol–water partition coefficient (Wildman–Crippen LogP) is 5.99. The first-order valence-electron chi connectivity index (χ1n) is 16.5. The van der Waals surface area contributed by atoms with Crippen LogP contribution in [0.1, 0.15) is 46.6 Å². The molecule has 2 heterocycles. The zero-order chi connectivity index (χ0) is 35.8. The molecule has 1 aliphatic rings. The molecule has 1 saturated heterocycles. The number of hydrogen-bond donors (Lipinski definition) is 3. The zero-order valence-electron chi connectivity index (χ0n) is 27.9. The number of aryl methyl sites for hydroxylation is 1. The lowest BCUT2D eigenvalue weighted by Crippen LogP contribution is -2.45. The number of anilines is 1. The molecule has 0 bridgehead atoms. The Morgan fingerprint density at radius 3 is 2.25 bits per heavy atom. The van der Waals surface area contributed by atoms with Crippen LogP contribution in [0.25, 0.3) is 0 Å². The van der Waals surface area contributed by atoms with Gasteiger partial charge in [-0.05, 0) is 60.4 Å². The Hall–Kier alpha value is -4.56. The van der Waals surface area contributed by atoms with Gasteiger partial charge in [0.05, 0.1) is 23.7 Å². The number of nitrogens with one attached hydrogen (secondary N) is 2. The normalized spacial score (nSPS) is 18.2. The number of sulfonamides is 1. The number of thioether (sulfide) groups is 1. The van der Waals surface area contributed by atoms with E-state index in [9.17, 15) is 23.5 Å². The molecular formula is C39H39N3O7S2. The summed E-state index contributed by atoms with van der Waals surface area (Å²) in [5, 5.41) is 25.2. The molecule has 264 valence electrons. The standard InChI is InChI=1S/C39H39N3O7S2/c1-27-10-20-34(21-11-27)51(46,47)41-35(23-28-7-3-2-4-8-28)38(44)40-32-18-16-31(17-19-32)39-48-33(26-50-37-9-5-6-22-42(37)45)24-36(49-39)30-14-12-29(25-43)13-15-30/h2-22,33,35-36,39,41,43H,23-26H2,1H3,(H,40,44)/t33-,35-,36+,39+/m1/s1. The van der Waals surface area contributed by atoms with Gasteiger partial charge in [0.25, 0.3) is 5.03 Å². The summed E-state index contributed by atoms with van der Waals surface area (Å²) in [5.41, 5.74) is 4.65. The van der Waals surface area contributed by atoms with Crippen LogP contribution in [0.5, 0.6) is 0 Å². The molecule has 0 aliphatic carbocycles. The van der Waals surface area contributed by atoms with Gasteiger partial charge in [-0.25, -0.2) is 8.42 Å². The number of carbonyl (C=O) groups excluding carboxylic acids is 1. The fourth-order valence-corrected chi connectivity index (χ4v) is 7.82. The first-order valence-corrected chi connectivity index (χ1v) is 19.0. The molecule has 1 amide bonds. The lowest BCUT2D eigenvalue weighted by molar-refractivity contribution is -0.645. The van der Waals surface area contributed by atoms with E-state index >= 15 is 0 Å². The third kappa shape index (κ3) is 9.61. The van der Waals surface area contributed by atoms with E-state index in [2.05, 4.69) is 10.0 Å². The molecule has 10 nitrogen and oxygen atoms in total. The number of aromatic nitrogens is 1. The van der Waals surface area contributed by atoms with Gasteiger partial charge in [-0.2, -0.15) is 9.45 Å². The summed E-state index contributed by atoms with van der Waals surface area (Å²) in [6.07, 6.45) is 0.870. The van der Waals surface area contributed by atoms with Crippen molar-refractivity contribution in [2.45, 2.75) is 60.8 Å². The van der Waals surface area contributed by atoms with Crippen LogP contribution in [0.4, 0.5) is 5.69 Å². The van der Waals surface area contributed by atoms with Crippen molar-refractivity contribution in [3.8, 4) is 0 Å². The van der Waals surface area contributed by atoms with Crippen molar-refractivity contribution in [1.29, 1.82) is 0 Å². The van der Waals surface area contributed by atoms with E-state index in [0.717, 1.165) is 32.5 Å². The Labute approximate surface area is 302 Å². The highest BCUT2D eigenvalue weighted by atomic mass is 32.2. The molecule has 0 spiro atoms. The fraction of sp³-hybridized carbons (Fsp3) is 0.231. The van der Waals surface area contributed by atoms with Gasteiger partial charge >= 0.3 is 0 Å². The average Bonchev–Trinajstić information content (AvgIpc) is 3.15. The number of ether oxygens (including phenoxy) is 2. The van der Waals surface area contributed by atoms with Crippen molar-refractivity contribution < 1.29 is 32.5 Å². The van der Waals surface area contributed by atoms with Crippen LogP contribution in [-0.4, -0.2) is 37.3 Å². The molecule has 1 fully saturated rings. The minimum atomic E-state index is -3.99. The highest BCUT2D eigenvalue weighted by Crippen LogP contribution is 2.39. The average molecular weight is 726 g/mol. The van der Waals surface area contributed by atoms with Crippen LogP contribution in [0, 0.1) is 12.1 Å². The van der Waals surface area contributed by atoms with Crippen molar-refractivity contribution in [3.63, 3.8) is 0 Å². The van der Waals surface area contributed by atoms with Crippen molar-refractivity contribution in [2.75, 3.05) is 11.1 Å². The topological polar surface area (TPSA) is 141 Å². The number of amides is 1. The second-order valence-corrected chi connectivity index (χ2v) is 15.1. The zero-order valence-corrected chi connectivity index (χ0v) is 29.6. The Balaban J connectivity index is 1.18. The lowest BCUT2D eigenvalue weighted by Gasteiger charge is -2.36. The van der Waals surface area contributed by atoms with Crippen molar-refractivity contribution in [3.05, 3.63) is 161 Å². The molecule has 0 unspecified atom stereocenters. The maximum absolute atomic E-state index is 13.6. The van der Waals surface area contributed by atoms with Gasteiger partial charge in [0.2, 0.25) is 15.9 Å². The number of nitrogens with zero attached hydrogens (tertiary/aromatic N) is 1. The number of rotatable bonds is 13. The molecule has 5 aromatic rings. The van der Waals surface area contributed by atoms with Gasteiger partial charge in [-0.1, -0.05) is 96.2 Å². The Morgan fingerprint density at radius 1 is 0.882 bits per heavy atom. The number of aliphatic hydroxyl groups is 1. The Bertz CT molecular complexity index is 2010. The lowest BCUT2D eigenvalue weighted by atomic mass is 10.0. The van der Waals surface area contributed by atoms with E-state index in [1.165, 1.54) is 30.1 Å². The Kier molecular flexibility index (Phi) is 11.8. The number of aliphatic hydroxyl groups excluding tert-OH is 1. The van der Waals surface area contributed by atoms with Crippen LogP contribution in [0.3, 0.4) is 0 Å². The largest absolute Gasteiger partial charge is 0.618 e. The van der Waals surface area contributed by atoms with Crippen LogP contribution >= 0.6 is 11.8 Å². The summed E-state index contributed by atoms with van der Waals surface area (Å²) in [5.74, 6) is 0.0136. The van der Waals surface area contributed by atoms with E-state index in [0.29, 0.717) is 22.9 Å². The van der Waals surface area contributed by atoms with Gasteiger partial charge < -0.3 is 25.1 Å². The fourth-order valence-electron chi connectivity index (χ4n) is 5.69. The quantitative estimate of drug-likeness (QED) is 0.0765. The van der Waals surface area contributed by atoms with Crippen molar-refractivity contribution in [2.24, 2.45) is 0 Å². The van der Waals surface area contributed by atoms with E-state index in [4.69, 9.17) is 9.47 Å². The van der Waals surface area contributed by atoms with Gasteiger partial charge in [0, 0.05) is 35.6 Å². The maximum Gasteiger partial charge on any atom is 0.251 e. The second-order valence-electron chi connectivity index (χ2n) is 12.3. The third-order valence-electron chi connectivity index (χ3n) is 8.50. The van der Waals surface area contributed by atoms with Gasteiger partial charge in [0.15, 0.2) is 12.5 Å². The van der Waals surface area contributed by atoms with Crippen LogP contribution in [0.15, 0.2) is 137 Å². The first-order chi connectivity index (χ1) is 24.7. The molecule has 51 heavy (non-hydrogen) atoms. The van der Waals surface area contributed by atoms with Gasteiger partial charge in [-0.3, -0.25) is 4.79 Å². The molecule has 0 saturated carbocycles. The number of carbonyl (C=O) groups is 1. The predicted molar refractivity (Wildman–Crippen MR) is 195 cm³/mol. The highest BCUT2D eigenvalue weighted by molar-refractivity contribution is 7.99. The number of hydrogen-bond acceptors (Lipinski definition) is 8. The van der Waals surface area contributed by atoms with E-state index < -0.39 is 28.3 Å². The molecule has 12 heteroatoms. The third-order valence-corrected chi connectivity index (χ3v) is 11.1. The van der Waals surface area contributed by atoms with Crippen LogP contribution in [0.2, 0.25) is 0 Å². The maximum atomic E-state index is 13.6. The molecule has 3 N–H and O–H groups in total. The first kappa shape index (κ1) is 36.2. The Morgan fingerprint density at radius 2 is 1.57 bits per heavy atom. The summed E-state index contributed by atoms with van der Waals surface area (Å²) in [6.45, 7) is 1.81. The number of benzene rings is 4. The van der Waals surface area contributed by atoms with Crippen molar-refractivity contribution >= 4 is 33.4 Å². The highest BCUT2D eigenvalue weighted by Gasteiger charge is 2.33. The summed E-state index contributed by atoms with van der Waals surface area (Å²) in [4.78, 5) is 13.7. The summed E-state index contributed by atoms with van der Waals surface area (Å²) in [7, 11) is -3.99. The van der Waals surface area contributed by atoms with E-state index in [1.54, 1.807) is 48.5 Å². The van der Waals surface area contributed by atoms with Gasteiger partial charge in [-0.15, -0.1) is 0 Å². The summed E-state index contributed by atoms with van der Waals surface area (Å²) < 4.78 is 42.9. The monoisotopic (exact) mass is 725 g/mol. The van der Waals surface area contributed by atoms with E-state index in [1.807, 2.05) is 67.6 Å². The van der Waals surface area contributed by atoms with Crippen molar-refractivity contribution in [1.82, 2.24) is 4.72 Å². The molecule has 1 aromatic heterocycles. The minimum Gasteiger partial charge on any atom is -0.618 e. The molecule has 1 aliphatic heterocycles. The molecule has 4 aromatic carbocycles. The molecule has 4 atom stereocenters. The second kappa shape index (κ2) is 16.6.